The number of fused-ring (bicyclic) bond motifs is 1. The van der Waals surface area contributed by atoms with E-state index in [0.29, 0.717) is 5.56 Å². The van der Waals surface area contributed by atoms with Crippen molar-refractivity contribution >= 4 is 28.6 Å². The smallest absolute Gasteiger partial charge is 0.325 e. The van der Waals surface area contributed by atoms with Gasteiger partial charge in [0.1, 0.15) is 17.8 Å². The van der Waals surface area contributed by atoms with Crippen molar-refractivity contribution in [1.29, 1.82) is 0 Å². The number of benzene rings is 2. The number of amides is 4. The van der Waals surface area contributed by atoms with Crippen LogP contribution in [0.15, 0.2) is 36.4 Å². The Balaban J connectivity index is 1.72. The van der Waals surface area contributed by atoms with Crippen molar-refractivity contribution in [2.24, 2.45) is 0 Å². The van der Waals surface area contributed by atoms with Crippen LogP contribution in [0.25, 0.3) is 10.8 Å². The van der Waals surface area contributed by atoms with E-state index in [4.69, 9.17) is 4.74 Å². The molecule has 1 aliphatic rings. The molecule has 7 nitrogen and oxygen atoms in total. The van der Waals surface area contributed by atoms with Crippen molar-refractivity contribution in [3.63, 3.8) is 0 Å². The molecule has 0 unspecified atom stereocenters. The molecule has 2 atom stereocenters. The molecule has 1 fully saturated rings. The van der Waals surface area contributed by atoms with Crippen LogP contribution in [0.4, 0.5) is 4.79 Å². The van der Waals surface area contributed by atoms with Crippen LogP contribution in [0.5, 0.6) is 5.75 Å². The molecule has 0 aliphatic carbocycles. The van der Waals surface area contributed by atoms with E-state index < -0.39 is 17.5 Å². The Hall–Kier alpha value is -3.09. The van der Waals surface area contributed by atoms with E-state index in [9.17, 15) is 14.4 Å². The Bertz CT molecular complexity index is 990. The van der Waals surface area contributed by atoms with Gasteiger partial charge in [0.05, 0.1) is 7.11 Å². The first-order chi connectivity index (χ1) is 14.8. The molecule has 1 saturated heterocycles. The molecule has 3 rings (SSSR count). The van der Waals surface area contributed by atoms with Crippen LogP contribution >= 0.6 is 0 Å². The number of unbranched alkanes of at least 4 members (excludes halogenated alkanes) is 2. The van der Waals surface area contributed by atoms with Gasteiger partial charge in [0, 0.05) is 6.04 Å². The number of hydrogen-bond acceptors (Lipinski definition) is 4. The van der Waals surface area contributed by atoms with Crippen LogP contribution in [0.1, 0.15) is 52.0 Å². The lowest BCUT2D eigenvalue weighted by Crippen LogP contribution is -2.45. The lowest BCUT2D eigenvalue weighted by molar-refractivity contribution is -0.135. The quantitative estimate of drug-likeness (QED) is 0.474. The van der Waals surface area contributed by atoms with Crippen LogP contribution in [-0.4, -0.2) is 42.4 Å². The molecule has 2 N–H and O–H groups in total. The number of methoxy groups -OCH3 is 1. The van der Waals surface area contributed by atoms with Crippen LogP contribution in [-0.2, 0) is 15.1 Å². The normalized spacial score (nSPS) is 19.4. The minimum absolute atomic E-state index is 0.00341. The number of rotatable bonds is 9. The summed E-state index contributed by atoms with van der Waals surface area (Å²) in [7, 11) is 1.61. The number of hydrogen-bond donors (Lipinski definition) is 2. The molecule has 0 radical (unpaired) electrons. The summed E-state index contributed by atoms with van der Waals surface area (Å²) in [6.07, 6.45) is 4.14. The van der Waals surface area contributed by atoms with Gasteiger partial charge in [-0.05, 0) is 54.8 Å². The largest absolute Gasteiger partial charge is 0.497 e. The third-order valence-corrected chi connectivity index (χ3v) is 5.85. The molecule has 2 aromatic carbocycles. The number of carbonyl (C=O) groups excluding carboxylic acids is 3. The van der Waals surface area contributed by atoms with Gasteiger partial charge in [-0.2, -0.15) is 0 Å². The van der Waals surface area contributed by atoms with Gasteiger partial charge < -0.3 is 15.4 Å². The van der Waals surface area contributed by atoms with Crippen molar-refractivity contribution in [3.8, 4) is 5.75 Å². The molecule has 31 heavy (non-hydrogen) atoms. The minimum atomic E-state index is -1.22. The van der Waals surface area contributed by atoms with Gasteiger partial charge in [-0.3, -0.25) is 14.5 Å². The third-order valence-electron chi connectivity index (χ3n) is 5.85. The van der Waals surface area contributed by atoms with E-state index in [1.54, 1.807) is 14.0 Å². The molecule has 0 bridgehead atoms. The summed E-state index contributed by atoms with van der Waals surface area (Å²) in [6, 6.07) is 10.7. The minimum Gasteiger partial charge on any atom is -0.497 e. The fraction of sp³-hybridized carbons (Fsp3) is 0.458. The maximum Gasteiger partial charge on any atom is 0.325 e. The highest BCUT2D eigenvalue weighted by Crippen LogP contribution is 2.32. The fourth-order valence-electron chi connectivity index (χ4n) is 3.93. The Morgan fingerprint density at radius 3 is 2.58 bits per heavy atom. The van der Waals surface area contributed by atoms with Gasteiger partial charge in [-0.1, -0.05) is 44.4 Å². The number of urea groups is 1. The standard InChI is InChI=1S/C24H31N3O4/c1-5-6-7-8-16(2)25-21(28)15-27-22(29)24(3,26-23(27)30)19-11-9-18-14-20(31-4)12-10-17(18)13-19/h9-14,16H,5-8,15H2,1-4H3,(H,25,28)(H,26,30)/t16-,24+/m1/s1. The van der Waals surface area contributed by atoms with E-state index in [1.807, 2.05) is 43.3 Å². The second-order valence-electron chi connectivity index (χ2n) is 8.34. The van der Waals surface area contributed by atoms with Crippen molar-refractivity contribution in [1.82, 2.24) is 15.5 Å². The van der Waals surface area contributed by atoms with Crippen LogP contribution in [0, 0.1) is 0 Å². The summed E-state index contributed by atoms with van der Waals surface area (Å²) >= 11 is 0. The Kier molecular flexibility index (Phi) is 6.83. The highest BCUT2D eigenvalue weighted by Gasteiger charge is 2.49. The van der Waals surface area contributed by atoms with Gasteiger partial charge in [0.25, 0.3) is 5.91 Å². The number of nitrogens with one attached hydrogen (secondary N) is 2. The topological polar surface area (TPSA) is 87.7 Å². The fourth-order valence-corrected chi connectivity index (χ4v) is 3.93. The predicted molar refractivity (Wildman–Crippen MR) is 120 cm³/mol. The number of carbonyl (C=O) groups is 3. The maximum absolute atomic E-state index is 13.1. The summed E-state index contributed by atoms with van der Waals surface area (Å²) in [5, 5.41) is 7.55. The molecule has 4 amide bonds. The lowest BCUT2D eigenvalue weighted by atomic mass is 9.90. The third kappa shape index (κ3) is 4.81. The first-order valence-corrected chi connectivity index (χ1v) is 10.8. The van der Waals surface area contributed by atoms with Gasteiger partial charge in [-0.25, -0.2) is 4.79 Å². The summed E-state index contributed by atoms with van der Waals surface area (Å²) < 4.78 is 5.25. The molecule has 1 aliphatic heterocycles. The van der Waals surface area contributed by atoms with Gasteiger partial charge in [-0.15, -0.1) is 0 Å². The highest BCUT2D eigenvalue weighted by atomic mass is 16.5. The van der Waals surface area contributed by atoms with E-state index in [-0.39, 0.29) is 18.5 Å². The Morgan fingerprint density at radius 2 is 1.87 bits per heavy atom. The molecular weight excluding hydrogens is 394 g/mol. The van der Waals surface area contributed by atoms with Crippen LogP contribution in [0.3, 0.4) is 0 Å². The van der Waals surface area contributed by atoms with Crippen molar-refractivity contribution in [2.75, 3.05) is 13.7 Å². The molecule has 0 aromatic heterocycles. The number of nitrogens with zero attached hydrogens (tertiary/aromatic N) is 1. The predicted octanol–water partition coefficient (Wildman–Crippen LogP) is 3.70. The maximum atomic E-state index is 13.1. The molecule has 0 saturated carbocycles. The van der Waals surface area contributed by atoms with E-state index in [0.717, 1.165) is 47.1 Å². The zero-order chi connectivity index (χ0) is 22.6. The molecule has 1 heterocycles. The van der Waals surface area contributed by atoms with Crippen molar-refractivity contribution in [2.45, 2.75) is 58.0 Å². The van der Waals surface area contributed by atoms with Gasteiger partial charge in [0.15, 0.2) is 0 Å². The van der Waals surface area contributed by atoms with E-state index in [1.165, 1.54) is 0 Å². The first-order valence-electron chi connectivity index (χ1n) is 10.8. The summed E-state index contributed by atoms with van der Waals surface area (Å²) in [4.78, 5) is 39.1. The molecule has 7 heteroatoms. The van der Waals surface area contributed by atoms with E-state index in [2.05, 4.69) is 17.6 Å². The van der Waals surface area contributed by atoms with E-state index >= 15 is 0 Å². The molecule has 166 valence electrons. The summed E-state index contributed by atoms with van der Waals surface area (Å²) in [5.74, 6) is -0.0145. The highest BCUT2D eigenvalue weighted by molar-refractivity contribution is 6.09. The second-order valence-corrected chi connectivity index (χ2v) is 8.34. The SMILES string of the molecule is CCCCC[C@@H](C)NC(=O)CN1C(=O)N[C@@](C)(c2ccc3cc(OC)ccc3c2)C1=O. The first kappa shape index (κ1) is 22.6. The Labute approximate surface area is 183 Å². The van der Waals surface area contributed by atoms with Crippen LogP contribution < -0.4 is 15.4 Å². The zero-order valence-corrected chi connectivity index (χ0v) is 18.7. The average molecular weight is 426 g/mol. The number of ether oxygens (including phenoxy) is 1. The van der Waals surface area contributed by atoms with Crippen LogP contribution in [0.2, 0.25) is 0 Å². The van der Waals surface area contributed by atoms with Gasteiger partial charge in [0.2, 0.25) is 5.91 Å². The Morgan fingerprint density at radius 1 is 1.16 bits per heavy atom. The molecular formula is C24H31N3O4. The second kappa shape index (κ2) is 9.37. The molecule has 0 spiro atoms. The number of imide groups is 1. The lowest BCUT2D eigenvalue weighted by Gasteiger charge is -2.23. The van der Waals surface area contributed by atoms with Gasteiger partial charge >= 0.3 is 6.03 Å². The molecule has 2 aromatic rings. The van der Waals surface area contributed by atoms with Crippen molar-refractivity contribution in [3.05, 3.63) is 42.0 Å². The average Bonchev–Trinajstić information content (AvgIpc) is 2.97. The monoisotopic (exact) mass is 425 g/mol. The summed E-state index contributed by atoms with van der Waals surface area (Å²) in [5.41, 5.74) is -0.558. The van der Waals surface area contributed by atoms with Crippen molar-refractivity contribution < 1.29 is 19.1 Å². The zero-order valence-electron chi connectivity index (χ0n) is 18.7. The summed E-state index contributed by atoms with van der Waals surface area (Å²) in [6.45, 7) is 5.45.